The van der Waals surface area contributed by atoms with Crippen molar-refractivity contribution in [2.75, 3.05) is 25.1 Å². The van der Waals surface area contributed by atoms with Crippen LogP contribution < -0.4 is 9.64 Å². The molecule has 5 rings (SSSR count). The van der Waals surface area contributed by atoms with E-state index in [1.807, 2.05) is 29.1 Å². The van der Waals surface area contributed by atoms with E-state index in [9.17, 15) is 5.11 Å². The number of rotatable bonds is 6. The number of piperidine rings is 1. The fraction of sp³-hybridized carbons (Fsp3) is 0.320. The van der Waals surface area contributed by atoms with E-state index < -0.39 is 0 Å². The molecule has 1 aliphatic rings. The maximum Gasteiger partial charge on any atom is 0.139 e. The number of benzene rings is 1. The first-order valence-electron chi connectivity index (χ1n) is 11.1. The monoisotopic (exact) mass is 463 g/mol. The van der Waals surface area contributed by atoms with E-state index in [0.717, 1.165) is 60.5 Å². The number of ether oxygens (including phenoxy) is 1. The average Bonchev–Trinajstić information content (AvgIpc) is 3.28. The van der Waals surface area contributed by atoms with Crippen molar-refractivity contribution < 1.29 is 9.84 Å². The van der Waals surface area contributed by atoms with Crippen LogP contribution in [0.15, 0.2) is 55.2 Å². The van der Waals surface area contributed by atoms with E-state index in [-0.39, 0.29) is 6.61 Å². The molecule has 1 fully saturated rings. The SMILES string of the molecule is COc1cc(CO)c(-c2cn3ccc(N4CCC(Cc5ccncn5)CC4)cc3n2)cc1Cl. The summed E-state index contributed by atoms with van der Waals surface area (Å²) in [5, 5.41) is 10.3. The second-order valence-corrected chi connectivity index (χ2v) is 8.82. The molecule has 0 aliphatic carbocycles. The van der Waals surface area contributed by atoms with Crippen LogP contribution in [0.25, 0.3) is 16.9 Å². The summed E-state index contributed by atoms with van der Waals surface area (Å²) < 4.78 is 7.28. The fourth-order valence-electron chi connectivity index (χ4n) is 4.55. The molecule has 0 saturated carbocycles. The van der Waals surface area contributed by atoms with Crippen LogP contribution in [0.1, 0.15) is 24.1 Å². The minimum Gasteiger partial charge on any atom is -0.495 e. The highest BCUT2D eigenvalue weighted by Crippen LogP contribution is 2.34. The Bertz CT molecular complexity index is 1250. The van der Waals surface area contributed by atoms with Crippen molar-refractivity contribution in [1.29, 1.82) is 0 Å². The number of aromatic nitrogens is 4. The lowest BCUT2D eigenvalue weighted by molar-refractivity contribution is 0.281. The first-order chi connectivity index (χ1) is 16.1. The Balaban J connectivity index is 1.34. The maximum absolute atomic E-state index is 9.85. The minimum absolute atomic E-state index is 0.119. The lowest BCUT2D eigenvalue weighted by Gasteiger charge is -2.33. The third kappa shape index (κ3) is 4.51. The van der Waals surface area contributed by atoms with Gasteiger partial charge in [-0.05, 0) is 55.0 Å². The van der Waals surface area contributed by atoms with Crippen molar-refractivity contribution in [1.82, 2.24) is 19.4 Å². The fourth-order valence-corrected chi connectivity index (χ4v) is 4.79. The Morgan fingerprint density at radius 2 is 2.03 bits per heavy atom. The van der Waals surface area contributed by atoms with E-state index in [2.05, 4.69) is 27.0 Å². The quantitative estimate of drug-likeness (QED) is 0.456. The number of nitrogens with zero attached hydrogens (tertiary/aromatic N) is 5. The summed E-state index contributed by atoms with van der Waals surface area (Å²) in [5.74, 6) is 1.19. The van der Waals surface area contributed by atoms with Crippen LogP contribution in [0, 0.1) is 5.92 Å². The van der Waals surface area contributed by atoms with Gasteiger partial charge in [0.1, 0.15) is 17.7 Å². The van der Waals surface area contributed by atoms with Gasteiger partial charge in [0.2, 0.25) is 0 Å². The van der Waals surface area contributed by atoms with Gasteiger partial charge in [-0.1, -0.05) is 11.6 Å². The summed E-state index contributed by atoms with van der Waals surface area (Å²) >= 11 is 6.34. The Kier molecular flexibility index (Phi) is 6.15. The summed E-state index contributed by atoms with van der Waals surface area (Å²) in [4.78, 5) is 15.6. The zero-order valence-corrected chi connectivity index (χ0v) is 19.2. The predicted molar refractivity (Wildman–Crippen MR) is 129 cm³/mol. The molecule has 4 heterocycles. The van der Waals surface area contributed by atoms with Gasteiger partial charge in [-0.3, -0.25) is 0 Å². The standard InChI is InChI=1S/C25H26ClN5O2/c1-33-24-11-18(15-32)21(13-22(24)26)23-14-31-9-5-20(12-25(31)29-23)30-7-3-17(4-8-30)10-19-2-6-27-16-28-19/h2,5-6,9,11-14,16-17,32H,3-4,7-8,10,15H2,1H3. The number of hydrogen-bond donors (Lipinski definition) is 1. The lowest BCUT2D eigenvalue weighted by atomic mass is 9.92. The Hall–Kier alpha value is -3.16. The highest BCUT2D eigenvalue weighted by atomic mass is 35.5. The van der Waals surface area contributed by atoms with E-state index >= 15 is 0 Å². The zero-order valence-electron chi connectivity index (χ0n) is 18.5. The van der Waals surface area contributed by atoms with Crippen LogP contribution in [-0.4, -0.2) is 44.7 Å². The van der Waals surface area contributed by atoms with Gasteiger partial charge in [-0.25, -0.2) is 15.0 Å². The summed E-state index contributed by atoms with van der Waals surface area (Å²) in [5.41, 5.74) is 5.46. The molecule has 33 heavy (non-hydrogen) atoms. The molecule has 1 saturated heterocycles. The number of hydrogen-bond acceptors (Lipinski definition) is 6. The molecular formula is C25H26ClN5O2. The number of imidazole rings is 1. The van der Waals surface area contributed by atoms with Crippen LogP contribution in [-0.2, 0) is 13.0 Å². The summed E-state index contributed by atoms with van der Waals surface area (Å²) in [6, 6.07) is 9.83. The molecular weight excluding hydrogens is 438 g/mol. The molecule has 0 spiro atoms. The van der Waals surface area contributed by atoms with Gasteiger partial charge in [0.15, 0.2) is 0 Å². The number of methoxy groups -OCH3 is 1. The first-order valence-corrected chi connectivity index (χ1v) is 11.5. The summed E-state index contributed by atoms with van der Waals surface area (Å²) in [7, 11) is 1.56. The van der Waals surface area contributed by atoms with E-state index in [1.54, 1.807) is 25.6 Å². The number of aliphatic hydroxyl groups excluding tert-OH is 1. The number of aliphatic hydroxyl groups is 1. The van der Waals surface area contributed by atoms with Crippen molar-refractivity contribution in [2.45, 2.75) is 25.9 Å². The second-order valence-electron chi connectivity index (χ2n) is 8.41. The summed E-state index contributed by atoms with van der Waals surface area (Å²) in [6.45, 7) is 1.91. The van der Waals surface area contributed by atoms with Gasteiger partial charge in [0, 0.05) is 54.7 Å². The van der Waals surface area contributed by atoms with Crippen LogP contribution >= 0.6 is 11.6 Å². The average molecular weight is 464 g/mol. The van der Waals surface area contributed by atoms with Crippen molar-refractivity contribution in [3.8, 4) is 17.0 Å². The van der Waals surface area contributed by atoms with E-state index in [1.165, 1.54) is 5.69 Å². The smallest absolute Gasteiger partial charge is 0.139 e. The molecule has 8 heteroatoms. The number of anilines is 1. The molecule has 0 radical (unpaired) electrons. The second kappa shape index (κ2) is 9.37. The molecule has 7 nitrogen and oxygen atoms in total. The Morgan fingerprint density at radius 1 is 1.18 bits per heavy atom. The van der Waals surface area contributed by atoms with Crippen molar-refractivity contribution in [3.05, 3.63) is 71.5 Å². The minimum atomic E-state index is -0.119. The Labute approximate surface area is 197 Å². The normalized spacial score (nSPS) is 14.7. The van der Waals surface area contributed by atoms with Gasteiger partial charge in [-0.15, -0.1) is 0 Å². The number of halogens is 1. The third-order valence-corrected chi connectivity index (χ3v) is 6.68. The predicted octanol–water partition coefficient (Wildman–Crippen LogP) is 4.40. The van der Waals surface area contributed by atoms with Gasteiger partial charge in [0.05, 0.1) is 24.4 Å². The van der Waals surface area contributed by atoms with Crippen LogP contribution in [0.2, 0.25) is 5.02 Å². The molecule has 0 bridgehead atoms. The summed E-state index contributed by atoms with van der Waals surface area (Å²) in [6.07, 6.45) is 10.7. The molecule has 4 aromatic rings. The number of pyridine rings is 1. The van der Waals surface area contributed by atoms with Gasteiger partial charge < -0.3 is 19.1 Å². The molecule has 1 aliphatic heterocycles. The molecule has 3 aromatic heterocycles. The largest absolute Gasteiger partial charge is 0.495 e. The lowest BCUT2D eigenvalue weighted by Crippen LogP contribution is -2.34. The molecule has 0 atom stereocenters. The molecule has 0 unspecified atom stereocenters. The van der Waals surface area contributed by atoms with Crippen LogP contribution in [0.4, 0.5) is 5.69 Å². The van der Waals surface area contributed by atoms with Gasteiger partial charge in [-0.2, -0.15) is 0 Å². The van der Waals surface area contributed by atoms with Crippen LogP contribution in [0.5, 0.6) is 5.75 Å². The van der Waals surface area contributed by atoms with E-state index in [4.69, 9.17) is 21.3 Å². The Morgan fingerprint density at radius 3 is 2.76 bits per heavy atom. The van der Waals surface area contributed by atoms with Crippen molar-refractivity contribution in [3.63, 3.8) is 0 Å². The van der Waals surface area contributed by atoms with E-state index in [0.29, 0.717) is 16.7 Å². The van der Waals surface area contributed by atoms with Crippen molar-refractivity contribution >= 4 is 22.9 Å². The van der Waals surface area contributed by atoms with Gasteiger partial charge >= 0.3 is 0 Å². The third-order valence-electron chi connectivity index (χ3n) is 6.39. The maximum atomic E-state index is 9.85. The van der Waals surface area contributed by atoms with Crippen molar-refractivity contribution in [2.24, 2.45) is 5.92 Å². The zero-order chi connectivity index (χ0) is 22.8. The molecule has 0 amide bonds. The number of fused-ring (bicyclic) bond motifs is 1. The topological polar surface area (TPSA) is 75.8 Å². The molecule has 1 aromatic carbocycles. The van der Waals surface area contributed by atoms with Crippen LogP contribution in [0.3, 0.4) is 0 Å². The molecule has 170 valence electrons. The molecule has 1 N–H and O–H groups in total. The van der Waals surface area contributed by atoms with Gasteiger partial charge in [0.25, 0.3) is 0 Å². The first kappa shape index (κ1) is 21.7. The highest BCUT2D eigenvalue weighted by Gasteiger charge is 2.21. The highest BCUT2D eigenvalue weighted by molar-refractivity contribution is 6.32.